The zero-order chi connectivity index (χ0) is 19.5. The van der Waals surface area contributed by atoms with Crippen LogP contribution in [0.3, 0.4) is 0 Å². The second kappa shape index (κ2) is 8.00. The second-order valence-electron chi connectivity index (χ2n) is 7.56. The Morgan fingerprint density at radius 3 is 2.57 bits per heavy atom. The standard InChI is InChI=1S/C20H25N5O3/c26-20(22-19-10-11-21-24(19)16-6-2-1-3-7-16)15-8-9-17(18(14-15)25(27)28)23-12-4-5-13-23/h8-11,14,16H,1-7,12-13H2,(H,22,26). The van der Waals surface area contributed by atoms with Gasteiger partial charge in [0.05, 0.1) is 17.2 Å². The van der Waals surface area contributed by atoms with Crippen LogP contribution in [-0.4, -0.2) is 33.7 Å². The van der Waals surface area contributed by atoms with Crippen LogP contribution < -0.4 is 10.2 Å². The maximum absolute atomic E-state index is 12.8. The highest BCUT2D eigenvalue weighted by Crippen LogP contribution is 2.33. The summed E-state index contributed by atoms with van der Waals surface area (Å²) in [7, 11) is 0. The first-order valence-corrected chi connectivity index (χ1v) is 10.0. The van der Waals surface area contributed by atoms with E-state index in [0.717, 1.165) is 38.8 Å². The van der Waals surface area contributed by atoms with Crippen LogP contribution >= 0.6 is 0 Å². The lowest BCUT2D eigenvalue weighted by Crippen LogP contribution is -2.21. The Morgan fingerprint density at radius 2 is 1.86 bits per heavy atom. The Hall–Kier alpha value is -2.90. The summed E-state index contributed by atoms with van der Waals surface area (Å²) in [5, 5.41) is 18.8. The molecule has 0 radical (unpaired) electrons. The zero-order valence-electron chi connectivity index (χ0n) is 15.8. The van der Waals surface area contributed by atoms with E-state index in [1.165, 1.54) is 25.3 Å². The average Bonchev–Trinajstić information content (AvgIpc) is 3.40. The molecule has 1 aliphatic carbocycles. The third kappa shape index (κ3) is 3.72. The van der Waals surface area contributed by atoms with Gasteiger partial charge in [0.25, 0.3) is 11.6 Å². The van der Waals surface area contributed by atoms with Gasteiger partial charge in [-0.3, -0.25) is 14.9 Å². The number of nitrogens with zero attached hydrogens (tertiary/aromatic N) is 4. The third-order valence-electron chi connectivity index (χ3n) is 5.71. The molecule has 1 aromatic heterocycles. The molecule has 0 unspecified atom stereocenters. The van der Waals surface area contributed by atoms with Crippen LogP contribution in [0.2, 0.25) is 0 Å². The molecule has 28 heavy (non-hydrogen) atoms. The van der Waals surface area contributed by atoms with Crippen molar-refractivity contribution in [2.75, 3.05) is 23.3 Å². The van der Waals surface area contributed by atoms with Crippen LogP contribution in [0.15, 0.2) is 30.5 Å². The molecule has 1 N–H and O–H groups in total. The molecule has 0 bridgehead atoms. The summed E-state index contributed by atoms with van der Waals surface area (Å²) in [5.74, 6) is 0.289. The van der Waals surface area contributed by atoms with Crippen molar-refractivity contribution in [3.63, 3.8) is 0 Å². The number of benzene rings is 1. The lowest BCUT2D eigenvalue weighted by Gasteiger charge is -2.24. The van der Waals surface area contributed by atoms with E-state index in [0.29, 0.717) is 17.5 Å². The van der Waals surface area contributed by atoms with Crippen LogP contribution in [0.25, 0.3) is 0 Å². The topological polar surface area (TPSA) is 93.3 Å². The minimum atomic E-state index is -0.406. The van der Waals surface area contributed by atoms with E-state index in [2.05, 4.69) is 10.4 Å². The maximum Gasteiger partial charge on any atom is 0.293 e. The summed E-state index contributed by atoms with van der Waals surface area (Å²) in [6.45, 7) is 1.62. The summed E-state index contributed by atoms with van der Waals surface area (Å²) in [5.41, 5.74) is 0.854. The Morgan fingerprint density at radius 1 is 1.11 bits per heavy atom. The highest BCUT2D eigenvalue weighted by molar-refractivity contribution is 6.04. The van der Waals surface area contributed by atoms with E-state index in [-0.39, 0.29) is 17.2 Å². The van der Waals surface area contributed by atoms with Crippen LogP contribution in [-0.2, 0) is 0 Å². The first-order valence-electron chi connectivity index (χ1n) is 10.0. The number of amides is 1. The Kier molecular flexibility index (Phi) is 5.27. The van der Waals surface area contributed by atoms with Crippen molar-refractivity contribution >= 4 is 23.1 Å². The van der Waals surface area contributed by atoms with Crippen molar-refractivity contribution in [3.8, 4) is 0 Å². The minimum Gasteiger partial charge on any atom is -0.366 e. The molecule has 1 aromatic carbocycles. The van der Waals surface area contributed by atoms with E-state index in [1.54, 1.807) is 24.4 Å². The van der Waals surface area contributed by atoms with E-state index in [9.17, 15) is 14.9 Å². The number of nitrogens with one attached hydrogen (secondary N) is 1. The normalized spacial score (nSPS) is 17.6. The molecule has 2 aliphatic rings. The summed E-state index contributed by atoms with van der Waals surface area (Å²) in [6, 6.07) is 6.81. The number of hydrogen-bond acceptors (Lipinski definition) is 5. The Bertz CT molecular complexity index is 866. The summed E-state index contributed by atoms with van der Waals surface area (Å²) < 4.78 is 1.88. The van der Waals surface area contributed by atoms with E-state index >= 15 is 0 Å². The molecule has 1 aliphatic heterocycles. The predicted molar refractivity (Wildman–Crippen MR) is 107 cm³/mol. The van der Waals surface area contributed by atoms with Gasteiger partial charge in [0.15, 0.2) is 0 Å². The zero-order valence-corrected chi connectivity index (χ0v) is 15.8. The van der Waals surface area contributed by atoms with Crippen molar-refractivity contribution in [2.24, 2.45) is 0 Å². The molecule has 148 valence electrons. The van der Waals surface area contributed by atoms with Gasteiger partial charge in [-0.25, -0.2) is 4.68 Å². The van der Waals surface area contributed by atoms with E-state index in [1.807, 2.05) is 9.58 Å². The monoisotopic (exact) mass is 383 g/mol. The molecule has 1 saturated carbocycles. The van der Waals surface area contributed by atoms with E-state index in [4.69, 9.17) is 0 Å². The van der Waals surface area contributed by atoms with Gasteiger partial charge in [-0.1, -0.05) is 19.3 Å². The quantitative estimate of drug-likeness (QED) is 0.618. The number of nitro groups is 1. The Labute approximate surface area is 163 Å². The van der Waals surface area contributed by atoms with Crippen LogP contribution in [0, 0.1) is 10.1 Å². The van der Waals surface area contributed by atoms with Gasteiger partial charge < -0.3 is 10.2 Å². The van der Waals surface area contributed by atoms with Gasteiger partial charge in [0, 0.05) is 30.8 Å². The molecule has 0 spiro atoms. The maximum atomic E-state index is 12.8. The van der Waals surface area contributed by atoms with Gasteiger partial charge in [0.1, 0.15) is 11.5 Å². The van der Waals surface area contributed by atoms with Crippen molar-refractivity contribution in [1.82, 2.24) is 9.78 Å². The average molecular weight is 383 g/mol. The van der Waals surface area contributed by atoms with Crippen molar-refractivity contribution in [1.29, 1.82) is 0 Å². The van der Waals surface area contributed by atoms with Crippen molar-refractivity contribution in [3.05, 3.63) is 46.1 Å². The first-order chi connectivity index (χ1) is 13.6. The third-order valence-corrected chi connectivity index (χ3v) is 5.71. The molecule has 2 aromatic rings. The van der Waals surface area contributed by atoms with Gasteiger partial charge in [-0.05, 0) is 37.8 Å². The molecule has 1 saturated heterocycles. The van der Waals surface area contributed by atoms with Crippen LogP contribution in [0.5, 0.6) is 0 Å². The minimum absolute atomic E-state index is 0.0182. The van der Waals surface area contributed by atoms with Crippen LogP contribution in [0.1, 0.15) is 61.3 Å². The fourth-order valence-electron chi connectivity index (χ4n) is 4.25. The number of carbonyl (C=O) groups is 1. The molecular weight excluding hydrogens is 358 g/mol. The van der Waals surface area contributed by atoms with Crippen molar-refractivity contribution in [2.45, 2.75) is 51.0 Å². The smallest absolute Gasteiger partial charge is 0.293 e. The molecule has 4 rings (SSSR count). The molecule has 8 heteroatoms. The van der Waals surface area contributed by atoms with Gasteiger partial charge in [-0.2, -0.15) is 5.10 Å². The Balaban J connectivity index is 1.55. The lowest BCUT2D eigenvalue weighted by atomic mass is 9.96. The van der Waals surface area contributed by atoms with E-state index < -0.39 is 4.92 Å². The summed E-state index contributed by atoms with van der Waals surface area (Å²) >= 11 is 0. The first kappa shape index (κ1) is 18.5. The molecule has 2 fully saturated rings. The molecule has 8 nitrogen and oxygen atoms in total. The van der Waals surface area contributed by atoms with Gasteiger partial charge in [-0.15, -0.1) is 0 Å². The lowest BCUT2D eigenvalue weighted by molar-refractivity contribution is -0.384. The highest BCUT2D eigenvalue weighted by Gasteiger charge is 2.25. The van der Waals surface area contributed by atoms with Crippen molar-refractivity contribution < 1.29 is 9.72 Å². The number of hydrogen-bond donors (Lipinski definition) is 1. The van der Waals surface area contributed by atoms with Gasteiger partial charge >= 0.3 is 0 Å². The van der Waals surface area contributed by atoms with Gasteiger partial charge in [0.2, 0.25) is 0 Å². The number of carbonyl (C=O) groups excluding carboxylic acids is 1. The van der Waals surface area contributed by atoms with Crippen LogP contribution in [0.4, 0.5) is 17.2 Å². The fourth-order valence-corrected chi connectivity index (χ4v) is 4.25. The summed E-state index contributed by atoms with van der Waals surface area (Å²) in [4.78, 5) is 25.9. The predicted octanol–water partition coefficient (Wildman–Crippen LogP) is 4.15. The SMILES string of the molecule is O=C(Nc1ccnn1C1CCCCC1)c1ccc(N2CCCC2)c([N+](=O)[O-])c1. The number of rotatable bonds is 5. The number of aromatic nitrogens is 2. The molecular formula is C20H25N5O3. The molecule has 1 amide bonds. The number of nitro benzene ring substituents is 1. The second-order valence-corrected chi connectivity index (χ2v) is 7.56. The number of anilines is 2. The largest absolute Gasteiger partial charge is 0.366 e. The highest BCUT2D eigenvalue weighted by atomic mass is 16.6. The molecule has 2 heterocycles. The fraction of sp³-hybridized carbons (Fsp3) is 0.500. The summed E-state index contributed by atoms with van der Waals surface area (Å²) in [6.07, 6.45) is 9.44. The molecule has 0 atom stereocenters.